The molecule has 6 nitrogen and oxygen atoms in total. The summed E-state index contributed by atoms with van der Waals surface area (Å²) in [5, 5.41) is 4.61. The number of sulfonamides is 1. The molecule has 8 heteroatoms. The molecule has 2 aromatic carbocycles. The van der Waals surface area contributed by atoms with Crippen LogP contribution in [-0.4, -0.2) is 50.7 Å². The highest BCUT2D eigenvalue weighted by molar-refractivity contribution is 7.89. The topological polar surface area (TPSA) is 69.7 Å². The van der Waals surface area contributed by atoms with Crippen LogP contribution in [0.1, 0.15) is 32.4 Å². The van der Waals surface area contributed by atoms with E-state index in [-0.39, 0.29) is 21.7 Å². The summed E-state index contributed by atoms with van der Waals surface area (Å²) in [6, 6.07) is 19.3. The molecule has 168 valence electrons. The van der Waals surface area contributed by atoms with Crippen molar-refractivity contribution in [3.8, 4) is 0 Å². The molecule has 1 atom stereocenters. The molecule has 3 aromatic rings. The molecule has 0 saturated heterocycles. The summed E-state index contributed by atoms with van der Waals surface area (Å²) in [6.07, 6.45) is 0.669. The molecule has 1 aromatic heterocycles. The number of carbonyl (C=O) groups excluding carboxylic acids is 1. The van der Waals surface area contributed by atoms with Gasteiger partial charge in [-0.05, 0) is 48.7 Å². The van der Waals surface area contributed by atoms with Gasteiger partial charge in [0.25, 0.3) is 5.91 Å². The minimum Gasteiger partial charge on any atom is -0.349 e. The number of fused-ring (bicyclic) bond motifs is 1. The molecule has 1 aliphatic rings. The van der Waals surface area contributed by atoms with Gasteiger partial charge in [0.05, 0.1) is 6.04 Å². The monoisotopic (exact) mass is 469 g/mol. The average molecular weight is 470 g/mol. The van der Waals surface area contributed by atoms with E-state index in [2.05, 4.69) is 5.32 Å². The predicted octanol–water partition coefficient (Wildman–Crippen LogP) is 3.53. The van der Waals surface area contributed by atoms with E-state index in [9.17, 15) is 13.2 Å². The normalized spacial score (nSPS) is 15.3. The van der Waals surface area contributed by atoms with Crippen LogP contribution in [0.5, 0.6) is 0 Å². The molecule has 32 heavy (non-hydrogen) atoms. The number of amides is 1. The summed E-state index contributed by atoms with van der Waals surface area (Å²) in [6.45, 7) is 1.11. The van der Waals surface area contributed by atoms with Crippen LogP contribution in [0.2, 0.25) is 0 Å². The summed E-state index contributed by atoms with van der Waals surface area (Å²) in [5.74, 6) is -0.362. The molecule has 0 saturated carbocycles. The molecular weight excluding hydrogens is 442 g/mol. The highest BCUT2D eigenvalue weighted by atomic mass is 32.2. The fraction of sp³-hybridized carbons (Fsp3) is 0.292. The van der Waals surface area contributed by atoms with Crippen molar-refractivity contribution in [2.75, 3.05) is 27.2 Å². The van der Waals surface area contributed by atoms with Crippen molar-refractivity contribution < 1.29 is 13.2 Å². The Morgan fingerprint density at radius 1 is 1.06 bits per heavy atom. The maximum atomic E-state index is 13.4. The minimum absolute atomic E-state index is 0.0150. The van der Waals surface area contributed by atoms with Crippen molar-refractivity contribution >= 4 is 27.3 Å². The number of hydrogen-bond acceptors (Lipinski definition) is 5. The van der Waals surface area contributed by atoms with Crippen molar-refractivity contribution in [2.45, 2.75) is 23.9 Å². The fourth-order valence-electron chi connectivity index (χ4n) is 4.02. The van der Waals surface area contributed by atoms with E-state index in [4.69, 9.17) is 0 Å². The fourth-order valence-corrected chi connectivity index (χ4v) is 6.76. The first-order valence-corrected chi connectivity index (χ1v) is 12.8. The van der Waals surface area contributed by atoms with Gasteiger partial charge in [-0.2, -0.15) is 4.31 Å². The second kappa shape index (κ2) is 9.54. The first kappa shape index (κ1) is 22.7. The number of carbonyl (C=O) groups is 1. The SMILES string of the molecule is CN(C)C(CNC(=O)c1sccc1S(=O)(=O)N1CCc2ccccc2C1)c1ccccc1. The van der Waals surface area contributed by atoms with Gasteiger partial charge in [0.1, 0.15) is 9.77 Å². The standard InChI is InChI=1S/C24H27N3O3S2/c1-26(2)21(19-9-4-3-5-10-19)16-25-24(28)23-22(13-15-31-23)32(29,30)27-14-12-18-8-6-7-11-20(18)17-27/h3-11,13,15,21H,12,14,16-17H2,1-2H3,(H,25,28). The van der Waals surface area contributed by atoms with E-state index in [0.717, 1.165) is 22.5 Å². The zero-order valence-corrected chi connectivity index (χ0v) is 19.8. The van der Waals surface area contributed by atoms with Gasteiger partial charge in [-0.3, -0.25) is 4.79 Å². The van der Waals surface area contributed by atoms with Gasteiger partial charge in [-0.1, -0.05) is 54.6 Å². The van der Waals surface area contributed by atoms with Gasteiger partial charge < -0.3 is 10.2 Å². The van der Waals surface area contributed by atoms with E-state index in [1.54, 1.807) is 5.38 Å². The second-order valence-electron chi connectivity index (χ2n) is 8.07. The first-order chi connectivity index (χ1) is 15.4. The third-order valence-corrected chi connectivity index (χ3v) is 8.74. The smallest absolute Gasteiger partial charge is 0.262 e. The van der Waals surface area contributed by atoms with Crippen LogP contribution < -0.4 is 5.32 Å². The molecule has 1 N–H and O–H groups in total. The Bertz CT molecular complexity index is 1190. The Morgan fingerprint density at radius 3 is 2.47 bits per heavy atom. The predicted molar refractivity (Wildman–Crippen MR) is 127 cm³/mol. The Hall–Kier alpha value is -2.52. The van der Waals surface area contributed by atoms with Crippen molar-refractivity contribution in [3.63, 3.8) is 0 Å². The van der Waals surface area contributed by atoms with Crippen LogP contribution in [0.4, 0.5) is 0 Å². The van der Waals surface area contributed by atoms with E-state index < -0.39 is 10.0 Å². The van der Waals surface area contributed by atoms with Crippen LogP contribution in [-0.2, 0) is 23.0 Å². The lowest BCUT2D eigenvalue weighted by molar-refractivity contribution is 0.0943. The van der Waals surface area contributed by atoms with Gasteiger partial charge in [-0.25, -0.2) is 8.42 Å². The number of hydrogen-bond donors (Lipinski definition) is 1. The number of nitrogens with one attached hydrogen (secondary N) is 1. The Labute approximate surface area is 193 Å². The lowest BCUT2D eigenvalue weighted by atomic mass is 10.0. The molecule has 1 aliphatic heterocycles. The number of likely N-dealkylation sites (N-methyl/N-ethyl adjacent to an activating group) is 1. The third-order valence-electron chi connectivity index (χ3n) is 5.81. The third kappa shape index (κ3) is 4.63. The maximum absolute atomic E-state index is 13.4. The molecule has 0 radical (unpaired) electrons. The molecule has 1 unspecified atom stereocenters. The minimum atomic E-state index is -3.77. The molecule has 0 fully saturated rings. The summed E-state index contributed by atoms with van der Waals surface area (Å²) in [7, 11) is 0.143. The maximum Gasteiger partial charge on any atom is 0.262 e. The lowest BCUT2D eigenvalue weighted by Crippen LogP contribution is -2.37. The quantitative estimate of drug-likeness (QED) is 0.575. The van der Waals surface area contributed by atoms with Crippen molar-refractivity contribution in [1.29, 1.82) is 0 Å². The average Bonchev–Trinajstić information content (AvgIpc) is 3.30. The molecule has 0 aliphatic carbocycles. The second-order valence-corrected chi connectivity index (χ2v) is 10.9. The molecule has 4 rings (SSSR count). The van der Waals surface area contributed by atoms with E-state index >= 15 is 0 Å². The Kier molecular flexibility index (Phi) is 6.76. The summed E-state index contributed by atoms with van der Waals surface area (Å²) in [4.78, 5) is 15.4. The molecular formula is C24H27N3O3S2. The number of rotatable bonds is 7. The lowest BCUT2D eigenvalue weighted by Gasteiger charge is -2.28. The van der Waals surface area contributed by atoms with Crippen LogP contribution >= 0.6 is 11.3 Å². The van der Waals surface area contributed by atoms with Crippen molar-refractivity contribution in [3.05, 3.63) is 87.6 Å². The van der Waals surface area contributed by atoms with E-state index in [0.29, 0.717) is 26.1 Å². The van der Waals surface area contributed by atoms with Crippen LogP contribution in [0, 0.1) is 0 Å². The van der Waals surface area contributed by atoms with Crippen LogP contribution in [0.15, 0.2) is 70.9 Å². The summed E-state index contributed by atoms with van der Waals surface area (Å²) < 4.78 is 28.3. The van der Waals surface area contributed by atoms with Gasteiger partial charge in [0.2, 0.25) is 10.0 Å². The number of nitrogens with zero attached hydrogens (tertiary/aromatic N) is 2. The largest absolute Gasteiger partial charge is 0.349 e. The molecule has 1 amide bonds. The highest BCUT2D eigenvalue weighted by Crippen LogP contribution is 2.29. The zero-order chi connectivity index (χ0) is 22.7. The molecule has 0 bridgehead atoms. The van der Waals surface area contributed by atoms with Crippen molar-refractivity contribution in [1.82, 2.24) is 14.5 Å². The zero-order valence-electron chi connectivity index (χ0n) is 18.2. The summed E-state index contributed by atoms with van der Waals surface area (Å²) in [5.41, 5.74) is 3.28. The van der Waals surface area contributed by atoms with E-state index in [1.807, 2.05) is 73.6 Å². The van der Waals surface area contributed by atoms with Crippen LogP contribution in [0.25, 0.3) is 0 Å². The van der Waals surface area contributed by atoms with Gasteiger partial charge in [-0.15, -0.1) is 11.3 Å². The van der Waals surface area contributed by atoms with Gasteiger partial charge in [0.15, 0.2) is 0 Å². The van der Waals surface area contributed by atoms with Gasteiger partial charge in [0, 0.05) is 19.6 Å². The molecule has 2 heterocycles. The van der Waals surface area contributed by atoms with Gasteiger partial charge >= 0.3 is 0 Å². The molecule has 0 spiro atoms. The van der Waals surface area contributed by atoms with Crippen molar-refractivity contribution in [2.24, 2.45) is 0 Å². The Balaban J connectivity index is 1.51. The first-order valence-electron chi connectivity index (χ1n) is 10.5. The van der Waals surface area contributed by atoms with E-state index in [1.165, 1.54) is 15.9 Å². The number of benzene rings is 2. The Morgan fingerprint density at radius 2 is 1.75 bits per heavy atom. The van der Waals surface area contributed by atoms with Crippen LogP contribution in [0.3, 0.4) is 0 Å². The number of thiophene rings is 1. The highest BCUT2D eigenvalue weighted by Gasteiger charge is 2.32. The summed E-state index contributed by atoms with van der Waals surface area (Å²) >= 11 is 1.16.